The van der Waals surface area contributed by atoms with Crippen molar-refractivity contribution in [2.45, 2.75) is 32.9 Å². The molecule has 4 nitrogen and oxygen atoms in total. The largest absolute Gasteiger partial charge is 0.390 e. The van der Waals surface area contributed by atoms with Crippen molar-refractivity contribution >= 4 is 0 Å². The van der Waals surface area contributed by atoms with Gasteiger partial charge >= 0.3 is 0 Å². The van der Waals surface area contributed by atoms with Gasteiger partial charge in [-0.1, -0.05) is 6.92 Å². The lowest BCUT2D eigenvalue weighted by Crippen LogP contribution is -2.49. The first-order chi connectivity index (χ1) is 7.63. The molecule has 1 fully saturated rings. The second kappa shape index (κ2) is 7.22. The number of aliphatic hydroxyl groups excluding tert-OH is 1. The van der Waals surface area contributed by atoms with Crippen LogP contribution in [-0.2, 0) is 0 Å². The van der Waals surface area contributed by atoms with E-state index in [-0.39, 0.29) is 6.10 Å². The van der Waals surface area contributed by atoms with Crippen molar-refractivity contribution < 1.29 is 5.11 Å². The van der Waals surface area contributed by atoms with Gasteiger partial charge < -0.3 is 10.4 Å². The normalized spacial score (nSPS) is 20.6. The lowest BCUT2D eigenvalue weighted by molar-refractivity contribution is 0.0613. The summed E-state index contributed by atoms with van der Waals surface area (Å²) in [6.07, 6.45) is -0.222. The molecule has 1 heterocycles. The summed E-state index contributed by atoms with van der Waals surface area (Å²) in [6, 6.07) is 0.516. The smallest absolute Gasteiger partial charge is 0.0793 e. The van der Waals surface area contributed by atoms with Gasteiger partial charge in [0.2, 0.25) is 0 Å². The maximum Gasteiger partial charge on any atom is 0.0793 e. The molecule has 1 aliphatic rings. The third-order valence-electron chi connectivity index (χ3n) is 3.26. The highest BCUT2D eigenvalue weighted by molar-refractivity contribution is 4.74. The fraction of sp³-hybridized carbons (Fsp3) is 1.00. The maximum absolute atomic E-state index is 10.0. The van der Waals surface area contributed by atoms with Gasteiger partial charge in [0.15, 0.2) is 0 Å². The van der Waals surface area contributed by atoms with Crippen LogP contribution in [0.1, 0.15) is 20.8 Å². The van der Waals surface area contributed by atoms with E-state index in [1.165, 1.54) is 0 Å². The summed E-state index contributed by atoms with van der Waals surface area (Å²) in [5.41, 5.74) is 0. The van der Waals surface area contributed by atoms with E-state index in [0.717, 1.165) is 45.8 Å². The summed E-state index contributed by atoms with van der Waals surface area (Å²) in [4.78, 5) is 4.65. The minimum Gasteiger partial charge on any atom is -0.390 e. The van der Waals surface area contributed by atoms with Crippen LogP contribution in [0.2, 0.25) is 0 Å². The standard InChI is InChI=1S/C12H27N3O/c1-4-15(11(2)3)10-12(16)9-14-7-5-13-6-8-14/h11-13,16H,4-10H2,1-3H3. The van der Waals surface area contributed by atoms with Crippen molar-refractivity contribution in [1.82, 2.24) is 15.1 Å². The summed E-state index contributed by atoms with van der Waals surface area (Å²) in [5, 5.41) is 13.4. The molecule has 0 saturated carbocycles. The highest BCUT2D eigenvalue weighted by Crippen LogP contribution is 2.02. The highest BCUT2D eigenvalue weighted by atomic mass is 16.3. The third-order valence-corrected chi connectivity index (χ3v) is 3.26. The molecule has 16 heavy (non-hydrogen) atoms. The summed E-state index contributed by atoms with van der Waals surface area (Å²) >= 11 is 0. The quantitative estimate of drug-likeness (QED) is 0.671. The van der Waals surface area contributed by atoms with Crippen molar-refractivity contribution in [2.24, 2.45) is 0 Å². The second-order valence-electron chi connectivity index (χ2n) is 4.89. The third kappa shape index (κ3) is 4.78. The van der Waals surface area contributed by atoms with E-state index in [1.54, 1.807) is 0 Å². The Morgan fingerprint density at radius 2 is 1.94 bits per heavy atom. The molecule has 1 unspecified atom stereocenters. The van der Waals surface area contributed by atoms with Gasteiger partial charge in [0.05, 0.1) is 6.10 Å². The highest BCUT2D eigenvalue weighted by Gasteiger charge is 2.17. The van der Waals surface area contributed by atoms with E-state index >= 15 is 0 Å². The number of aliphatic hydroxyl groups is 1. The fourth-order valence-electron chi connectivity index (χ4n) is 2.23. The average molecular weight is 229 g/mol. The SMILES string of the molecule is CCN(CC(O)CN1CCNCC1)C(C)C. The molecule has 0 aromatic rings. The summed E-state index contributed by atoms with van der Waals surface area (Å²) in [7, 11) is 0. The van der Waals surface area contributed by atoms with E-state index in [4.69, 9.17) is 0 Å². The van der Waals surface area contributed by atoms with Crippen LogP contribution < -0.4 is 5.32 Å². The van der Waals surface area contributed by atoms with Crippen LogP contribution in [0.5, 0.6) is 0 Å². The lowest BCUT2D eigenvalue weighted by Gasteiger charge is -2.32. The van der Waals surface area contributed by atoms with E-state index in [9.17, 15) is 5.11 Å². The molecule has 0 spiro atoms. The fourth-order valence-corrected chi connectivity index (χ4v) is 2.23. The number of piperazine rings is 1. The Kier molecular flexibility index (Phi) is 6.28. The first-order valence-electron chi connectivity index (χ1n) is 6.48. The zero-order chi connectivity index (χ0) is 12.0. The monoisotopic (exact) mass is 229 g/mol. The van der Waals surface area contributed by atoms with Gasteiger partial charge in [0, 0.05) is 45.3 Å². The van der Waals surface area contributed by atoms with E-state index < -0.39 is 0 Å². The predicted octanol–water partition coefficient (Wildman–Crippen LogP) is -0.0172. The zero-order valence-corrected chi connectivity index (χ0v) is 10.9. The van der Waals surface area contributed by atoms with Crippen LogP contribution >= 0.6 is 0 Å². The minimum atomic E-state index is -0.222. The van der Waals surface area contributed by atoms with Gasteiger partial charge in [-0.2, -0.15) is 0 Å². The Balaban J connectivity index is 2.25. The topological polar surface area (TPSA) is 38.7 Å². The Morgan fingerprint density at radius 3 is 2.44 bits per heavy atom. The second-order valence-corrected chi connectivity index (χ2v) is 4.89. The molecule has 1 aliphatic heterocycles. The minimum absolute atomic E-state index is 0.222. The van der Waals surface area contributed by atoms with E-state index in [2.05, 4.69) is 35.9 Å². The van der Waals surface area contributed by atoms with Gasteiger partial charge in [0.1, 0.15) is 0 Å². The molecule has 0 bridgehead atoms. The number of β-amino-alcohol motifs (C(OH)–C–C–N with tert-alkyl or cyclic N) is 1. The van der Waals surface area contributed by atoms with Crippen molar-refractivity contribution in [2.75, 3.05) is 45.8 Å². The maximum atomic E-state index is 10.0. The molecule has 0 aromatic carbocycles. The molecule has 0 aliphatic carbocycles. The Hall–Kier alpha value is -0.160. The van der Waals surface area contributed by atoms with Crippen LogP contribution in [0.25, 0.3) is 0 Å². The lowest BCUT2D eigenvalue weighted by atomic mass is 10.2. The molecule has 2 N–H and O–H groups in total. The number of nitrogens with zero attached hydrogens (tertiary/aromatic N) is 2. The Morgan fingerprint density at radius 1 is 1.31 bits per heavy atom. The molecule has 4 heteroatoms. The predicted molar refractivity (Wildman–Crippen MR) is 67.7 cm³/mol. The van der Waals surface area contributed by atoms with Gasteiger partial charge in [-0.15, -0.1) is 0 Å². The number of rotatable bonds is 6. The van der Waals surface area contributed by atoms with Gasteiger partial charge in [0.25, 0.3) is 0 Å². The van der Waals surface area contributed by atoms with Gasteiger partial charge in [-0.25, -0.2) is 0 Å². The van der Waals surface area contributed by atoms with Crippen molar-refractivity contribution in [3.05, 3.63) is 0 Å². The summed E-state index contributed by atoms with van der Waals surface area (Å²) in [5.74, 6) is 0. The molecule has 1 saturated heterocycles. The van der Waals surface area contributed by atoms with E-state index in [0.29, 0.717) is 6.04 Å². The first kappa shape index (κ1) is 13.9. The van der Waals surface area contributed by atoms with Gasteiger partial charge in [-0.05, 0) is 20.4 Å². The average Bonchev–Trinajstić information content (AvgIpc) is 2.27. The van der Waals surface area contributed by atoms with Crippen LogP contribution in [-0.4, -0.2) is 72.9 Å². The van der Waals surface area contributed by atoms with Crippen molar-refractivity contribution in [3.8, 4) is 0 Å². The van der Waals surface area contributed by atoms with E-state index in [1.807, 2.05) is 0 Å². The van der Waals surface area contributed by atoms with Crippen LogP contribution in [0.3, 0.4) is 0 Å². The van der Waals surface area contributed by atoms with Crippen molar-refractivity contribution in [1.29, 1.82) is 0 Å². The summed E-state index contributed by atoms with van der Waals surface area (Å²) < 4.78 is 0. The molecule has 0 radical (unpaired) electrons. The Bertz CT molecular complexity index is 181. The molecular formula is C12H27N3O. The first-order valence-corrected chi connectivity index (χ1v) is 6.48. The molecule has 96 valence electrons. The summed E-state index contributed by atoms with van der Waals surface area (Å²) in [6.45, 7) is 13.3. The van der Waals surface area contributed by atoms with Gasteiger partial charge in [-0.3, -0.25) is 9.80 Å². The number of hydrogen-bond donors (Lipinski definition) is 2. The van der Waals surface area contributed by atoms with Crippen LogP contribution in [0, 0.1) is 0 Å². The molecule has 0 aromatic heterocycles. The van der Waals surface area contributed by atoms with Crippen molar-refractivity contribution in [3.63, 3.8) is 0 Å². The molecule has 0 amide bonds. The van der Waals surface area contributed by atoms with Crippen LogP contribution in [0.4, 0.5) is 0 Å². The molecular weight excluding hydrogens is 202 g/mol. The number of nitrogens with one attached hydrogen (secondary N) is 1. The number of likely N-dealkylation sites (N-methyl/N-ethyl adjacent to an activating group) is 1. The molecule has 1 atom stereocenters. The molecule has 1 rings (SSSR count). The zero-order valence-electron chi connectivity index (χ0n) is 10.9. The Labute approximate surface area is 99.6 Å². The number of hydrogen-bond acceptors (Lipinski definition) is 4. The van der Waals surface area contributed by atoms with Crippen LogP contribution in [0.15, 0.2) is 0 Å².